The summed E-state index contributed by atoms with van der Waals surface area (Å²) in [5.74, 6) is 0.458. The van der Waals surface area contributed by atoms with Gasteiger partial charge >= 0.3 is 0 Å². The van der Waals surface area contributed by atoms with Crippen LogP contribution in [0.4, 0.5) is 0 Å². The highest BCUT2D eigenvalue weighted by Crippen LogP contribution is 2.38. The highest BCUT2D eigenvalue weighted by atomic mass is 35.5. The van der Waals surface area contributed by atoms with Crippen molar-refractivity contribution in [2.75, 3.05) is 0 Å². The summed E-state index contributed by atoms with van der Waals surface area (Å²) in [7, 11) is 0. The van der Waals surface area contributed by atoms with E-state index in [4.69, 9.17) is 23.2 Å². The van der Waals surface area contributed by atoms with E-state index < -0.39 is 0 Å². The average Bonchev–Trinajstić information content (AvgIpc) is 3.07. The molecule has 0 atom stereocenters. The second-order valence-corrected chi connectivity index (χ2v) is 7.75. The zero-order valence-electron chi connectivity index (χ0n) is 12.7. The normalized spacial score (nSPS) is 11.3. The lowest BCUT2D eigenvalue weighted by molar-refractivity contribution is -0.602. The van der Waals surface area contributed by atoms with Crippen LogP contribution in [-0.4, -0.2) is 9.78 Å². The first-order valence-corrected chi connectivity index (χ1v) is 8.73. The number of aromatic nitrogens is 3. The molecule has 0 aliphatic carbocycles. The number of hydrogen-bond acceptors (Lipinski definition) is 3. The van der Waals surface area contributed by atoms with Gasteiger partial charge in [0.1, 0.15) is 0 Å². The summed E-state index contributed by atoms with van der Waals surface area (Å²) >= 11 is 13.6. The summed E-state index contributed by atoms with van der Waals surface area (Å²) in [5, 5.41) is 16.1. The third kappa shape index (κ3) is 3.37. The van der Waals surface area contributed by atoms with Gasteiger partial charge in [0.2, 0.25) is 0 Å². The van der Waals surface area contributed by atoms with E-state index in [0.29, 0.717) is 10.6 Å². The molecule has 3 aromatic rings. The molecule has 0 radical (unpaired) electrons. The van der Waals surface area contributed by atoms with Gasteiger partial charge in [-0.05, 0) is 35.2 Å². The molecule has 0 fully saturated rings. The highest BCUT2D eigenvalue weighted by molar-refractivity contribution is 7.19. The molecule has 0 saturated carbocycles. The minimum atomic E-state index is 0.134. The van der Waals surface area contributed by atoms with E-state index in [1.54, 1.807) is 12.1 Å². The lowest BCUT2D eigenvalue weighted by Gasteiger charge is -2.11. The van der Waals surface area contributed by atoms with E-state index >= 15 is 0 Å². The van der Waals surface area contributed by atoms with Crippen LogP contribution in [0.5, 0.6) is 0 Å². The van der Waals surface area contributed by atoms with Crippen LogP contribution in [0, 0.1) is 11.1 Å². The molecule has 23 heavy (non-hydrogen) atoms. The number of halogens is 2. The quantitative estimate of drug-likeness (QED) is 0.374. The maximum atomic E-state index is 11.5. The van der Waals surface area contributed by atoms with E-state index in [-0.39, 0.29) is 5.15 Å². The average molecular weight is 368 g/mol. The van der Waals surface area contributed by atoms with Crippen LogP contribution in [0.1, 0.15) is 13.8 Å². The number of nitrogens with zero attached hydrogens (tertiary/aromatic N) is 3. The molecule has 0 amide bonds. The van der Waals surface area contributed by atoms with Crippen molar-refractivity contribution < 1.29 is 4.73 Å². The Morgan fingerprint density at radius 2 is 2.09 bits per heavy atom. The predicted molar refractivity (Wildman–Crippen MR) is 94.8 cm³/mol. The molecule has 120 valence electrons. The molecule has 7 heteroatoms. The fourth-order valence-electron chi connectivity index (χ4n) is 2.41. The second kappa shape index (κ2) is 6.51. The Bertz CT molecular complexity index is 842. The van der Waals surface area contributed by atoms with E-state index in [0.717, 1.165) is 32.6 Å². The Kier molecular flexibility index (Phi) is 4.62. The molecule has 0 N–H and O–H groups in total. The monoisotopic (exact) mass is 367 g/mol. The largest absolute Gasteiger partial charge is 0.618 e. The van der Waals surface area contributed by atoms with E-state index in [9.17, 15) is 5.21 Å². The fourth-order valence-corrected chi connectivity index (χ4v) is 3.69. The van der Waals surface area contributed by atoms with Crippen molar-refractivity contribution >= 4 is 34.5 Å². The molecule has 3 heterocycles. The zero-order valence-corrected chi connectivity index (χ0v) is 15.0. The summed E-state index contributed by atoms with van der Waals surface area (Å²) in [4.78, 5) is 1.04. The highest BCUT2D eigenvalue weighted by Gasteiger charge is 2.18. The number of thiophene rings is 1. The molecular weight excluding hydrogens is 353 g/mol. The first kappa shape index (κ1) is 16.3. The summed E-state index contributed by atoms with van der Waals surface area (Å²) in [6.45, 7) is 5.09. The predicted octanol–water partition coefficient (Wildman–Crippen LogP) is 4.87. The van der Waals surface area contributed by atoms with Crippen LogP contribution in [-0.2, 0) is 6.54 Å². The van der Waals surface area contributed by atoms with Crippen molar-refractivity contribution in [1.82, 2.24) is 9.78 Å². The standard InChI is InChI=1S/C16H15Cl2N3OS/c1-10(2)9-20-16(13-3-4-15(18)23-13)12(8-19-20)11-5-6-21(22)14(17)7-11/h3-8,10H,9H2,1-2H3. The third-order valence-corrected chi connectivity index (χ3v) is 4.88. The topological polar surface area (TPSA) is 44.8 Å². The first-order chi connectivity index (χ1) is 11.0. The van der Waals surface area contributed by atoms with Crippen molar-refractivity contribution in [3.05, 3.63) is 51.4 Å². The number of rotatable bonds is 4. The fraction of sp³-hybridized carbons (Fsp3) is 0.250. The van der Waals surface area contributed by atoms with E-state index in [1.807, 2.05) is 23.0 Å². The molecule has 0 aromatic carbocycles. The van der Waals surface area contributed by atoms with Crippen molar-refractivity contribution in [2.45, 2.75) is 20.4 Å². The third-order valence-electron chi connectivity index (χ3n) is 3.37. The summed E-state index contributed by atoms with van der Waals surface area (Å²) in [6, 6.07) is 7.27. The van der Waals surface area contributed by atoms with Gasteiger partial charge in [-0.15, -0.1) is 11.3 Å². The minimum Gasteiger partial charge on any atom is -0.618 e. The zero-order chi connectivity index (χ0) is 16.6. The minimum absolute atomic E-state index is 0.134. The van der Waals surface area contributed by atoms with Gasteiger partial charge in [0.15, 0.2) is 6.20 Å². The van der Waals surface area contributed by atoms with Gasteiger partial charge in [-0.3, -0.25) is 4.68 Å². The van der Waals surface area contributed by atoms with Crippen LogP contribution >= 0.6 is 34.5 Å². The number of hydrogen-bond donors (Lipinski definition) is 0. The van der Waals surface area contributed by atoms with E-state index in [2.05, 4.69) is 18.9 Å². The van der Waals surface area contributed by atoms with Gasteiger partial charge in [-0.1, -0.05) is 25.4 Å². The molecule has 0 bridgehead atoms. The SMILES string of the molecule is CC(C)Cn1ncc(-c2cc[n+]([O-])c(Cl)c2)c1-c1ccc(Cl)s1. The van der Waals surface area contributed by atoms with Crippen molar-refractivity contribution in [3.8, 4) is 21.7 Å². The van der Waals surface area contributed by atoms with E-state index in [1.165, 1.54) is 17.5 Å². The lowest BCUT2D eigenvalue weighted by Crippen LogP contribution is -2.26. The molecule has 3 rings (SSSR count). The molecule has 0 saturated heterocycles. The molecule has 0 aliphatic heterocycles. The second-order valence-electron chi connectivity index (χ2n) is 5.65. The van der Waals surface area contributed by atoms with Crippen LogP contribution in [0.25, 0.3) is 21.7 Å². The van der Waals surface area contributed by atoms with Crippen LogP contribution < -0.4 is 4.73 Å². The van der Waals surface area contributed by atoms with Crippen LogP contribution in [0.3, 0.4) is 0 Å². The molecule has 4 nitrogen and oxygen atoms in total. The lowest BCUT2D eigenvalue weighted by atomic mass is 10.1. The van der Waals surface area contributed by atoms with Crippen molar-refractivity contribution in [1.29, 1.82) is 0 Å². The van der Waals surface area contributed by atoms with Gasteiger partial charge in [-0.2, -0.15) is 9.83 Å². The Balaban J connectivity index is 2.16. The first-order valence-electron chi connectivity index (χ1n) is 7.16. The van der Waals surface area contributed by atoms with Gasteiger partial charge in [0.05, 0.1) is 21.1 Å². The molecule has 3 aromatic heterocycles. The van der Waals surface area contributed by atoms with Gasteiger partial charge < -0.3 is 5.21 Å². The van der Waals surface area contributed by atoms with Crippen molar-refractivity contribution in [2.24, 2.45) is 5.92 Å². The Hall–Kier alpha value is -1.56. The molecule has 0 spiro atoms. The Labute approximate surface area is 148 Å². The Morgan fingerprint density at radius 1 is 1.30 bits per heavy atom. The molecular formula is C16H15Cl2N3OS. The molecule has 0 aliphatic rings. The number of pyridine rings is 1. The van der Waals surface area contributed by atoms with Crippen LogP contribution in [0.2, 0.25) is 9.49 Å². The van der Waals surface area contributed by atoms with Crippen LogP contribution in [0.15, 0.2) is 36.7 Å². The maximum absolute atomic E-state index is 11.5. The smallest absolute Gasteiger partial charge is 0.286 e. The summed E-state index contributed by atoms with van der Waals surface area (Å²) in [6.07, 6.45) is 3.22. The molecule has 0 unspecified atom stereocenters. The van der Waals surface area contributed by atoms with Crippen molar-refractivity contribution in [3.63, 3.8) is 0 Å². The summed E-state index contributed by atoms with van der Waals surface area (Å²) < 4.78 is 3.34. The van der Waals surface area contributed by atoms with Gasteiger partial charge in [0, 0.05) is 24.2 Å². The van der Waals surface area contributed by atoms with Gasteiger partial charge in [-0.25, -0.2) is 0 Å². The Morgan fingerprint density at radius 3 is 2.70 bits per heavy atom. The van der Waals surface area contributed by atoms with Gasteiger partial charge in [0.25, 0.3) is 5.15 Å². The maximum Gasteiger partial charge on any atom is 0.286 e. The summed E-state index contributed by atoms with van der Waals surface area (Å²) in [5.41, 5.74) is 2.79.